The van der Waals surface area contributed by atoms with Gasteiger partial charge in [-0.2, -0.15) is 0 Å². The minimum Gasteiger partial charge on any atom is -0.496 e. The summed E-state index contributed by atoms with van der Waals surface area (Å²) in [4.78, 5) is 4.00. The number of aromatic nitrogens is 1. The molecule has 0 saturated carbocycles. The number of methoxy groups -OCH3 is 1. The molecule has 0 aliphatic heterocycles. The van der Waals surface area contributed by atoms with Crippen molar-refractivity contribution in [2.24, 2.45) is 0 Å². The molecule has 20 heavy (non-hydrogen) atoms. The molecular formula is C16H20N2O2. The summed E-state index contributed by atoms with van der Waals surface area (Å²) in [7, 11) is 1.64. The SMILES string of the molecule is COc1cc(N)ccc1COCCCc1ccncc1. The quantitative estimate of drug-likeness (QED) is 0.622. The first-order chi connectivity index (χ1) is 9.79. The number of hydrogen-bond acceptors (Lipinski definition) is 4. The topological polar surface area (TPSA) is 57.4 Å². The molecule has 2 N–H and O–H groups in total. The largest absolute Gasteiger partial charge is 0.496 e. The average molecular weight is 272 g/mol. The highest BCUT2D eigenvalue weighted by Crippen LogP contribution is 2.22. The lowest BCUT2D eigenvalue weighted by Crippen LogP contribution is -2.00. The van der Waals surface area contributed by atoms with E-state index in [4.69, 9.17) is 15.2 Å². The molecule has 2 rings (SSSR count). The molecule has 0 bridgehead atoms. The molecule has 0 unspecified atom stereocenters. The van der Waals surface area contributed by atoms with Gasteiger partial charge in [0.15, 0.2) is 0 Å². The number of pyridine rings is 1. The first kappa shape index (κ1) is 14.3. The Morgan fingerprint density at radius 1 is 1.15 bits per heavy atom. The molecule has 0 aliphatic rings. The Bertz CT molecular complexity index is 529. The number of nitrogens with two attached hydrogens (primary N) is 1. The minimum absolute atomic E-state index is 0.541. The molecule has 0 fully saturated rings. The van der Waals surface area contributed by atoms with Crippen molar-refractivity contribution in [2.75, 3.05) is 19.5 Å². The summed E-state index contributed by atoms with van der Waals surface area (Å²) in [5, 5.41) is 0. The molecule has 4 nitrogen and oxygen atoms in total. The van der Waals surface area contributed by atoms with Crippen LogP contribution in [-0.2, 0) is 17.8 Å². The highest BCUT2D eigenvalue weighted by molar-refractivity contribution is 5.48. The number of nitrogens with zero attached hydrogens (tertiary/aromatic N) is 1. The van der Waals surface area contributed by atoms with Crippen LogP contribution in [0.15, 0.2) is 42.7 Å². The zero-order chi connectivity index (χ0) is 14.2. The third-order valence-electron chi connectivity index (χ3n) is 3.07. The van der Waals surface area contributed by atoms with Gasteiger partial charge < -0.3 is 15.2 Å². The minimum atomic E-state index is 0.541. The van der Waals surface area contributed by atoms with Crippen LogP contribution < -0.4 is 10.5 Å². The second-order valence-corrected chi connectivity index (χ2v) is 4.58. The molecule has 0 saturated heterocycles. The summed E-state index contributed by atoms with van der Waals surface area (Å²) in [5.74, 6) is 0.777. The average Bonchev–Trinajstić information content (AvgIpc) is 2.49. The van der Waals surface area contributed by atoms with Gasteiger partial charge in [-0.25, -0.2) is 0 Å². The zero-order valence-corrected chi connectivity index (χ0v) is 11.7. The molecule has 106 valence electrons. The lowest BCUT2D eigenvalue weighted by Gasteiger charge is -2.10. The summed E-state index contributed by atoms with van der Waals surface area (Å²) in [6.07, 6.45) is 5.62. The van der Waals surface area contributed by atoms with Gasteiger partial charge in [0.05, 0.1) is 13.7 Å². The molecule has 2 aromatic rings. The lowest BCUT2D eigenvalue weighted by molar-refractivity contribution is 0.117. The highest BCUT2D eigenvalue weighted by Gasteiger charge is 2.03. The summed E-state index contributed by atoms with van der Waals surface area (Å²) in [5.41, 5.74) is 8.72. The maximum Gasteiger partial charge on any atom is 0.126 e. The van der Waals surface area contributed by atoms with Gasteiger partial charge in [0.1, 0.15) is 5.75 Å². The predicted molar refractivity (Wildman–Crippen MR) is 79.6 cm³/mol. The van der Waals surface area contributed by atoms with E-state index in [0.717, 1.165) is 30.8 Å². The van der Waals surface area contributed by atoms with E-state index < -0.39 is 0 Å². The van der Waals surface area contributed by atoms with Gasteiger partial charge in [0, 0.05) is 36.3 Å². The van der Waals surface area contributed by atoms with E-state index in [0.29, 0.717) is 12.3 Å². The van der Waals surface area contributed by atoms with Gasteiger partial charge in [0.2, 0.25) is 0 Å². The van der Waals surface area contributed by atoms with Crippen LogP contribution in [0.4, 0.5) is 5.69 Å². The fourth-order valence-electron chi connectivity index (χ4n) is 1.99. The molecular weight excluding hydrogens is 252 g/mol. The van der Waals surface area contributed by atoms with E-state index in [1.165, 1.54) is 5.56 Å². The van der Waals surface area contributed by atoms with Crippen LogP contribution in [0, 0.1) is 0 Å². The number of benzene rings is 1. The Morgan fingerprint density at radius 2 is 1.95 bits per heavy atom. The maximum atomic E-state index is 5.72. The number of nitrogen functional groups attached to an aromatic ring is 1. The summed E-state index contributed by atoms with van der Waals surface area (Å²) in [6.45, 7) is 1.26. The summed E-state index contributed by atoms with van der Waals surface area (Å²) < 4.78 is 11.0. The van der Waals surface area contributed by atoms with Gasteiger partial charge in [-0.1, -0.05) is 6.07 Å². The number of anilines is 1. The van der Waals surface area contributed by atoms with Crippen molar-refractivity contribution >= 4 is 5.69 Å². The Morgan fingerprint density at radius 3 is 2.70 bits per heavy atom. The van der Waals surface area contributed by atoms with Crippen molar-refractivity contribution in [2.45, 2.75) is 19.4 Å². The number of aryl methyl sites for hydroxylation is 1. The van der Waals surface area contributed by atoms with Gasteiger partial charge in [-0.05, 0) is 36.6 Å². The van der Waals surface area contributed by atoms with Gasteiger partial charge >= 0.3 is 0 Å². The van der Waals surface area contributed by atoms with Crippen molar-refractivity contribution < 1.29 is 9.47 Å². The second-order valence-electron chi connectivity index (χ2n) is 4.58. The molecule has 0 spiro atoms. The van der Waals surface area contributed by atoms with E-state index >= 15 is 0 Å². The van der Waals surface area contributed by atoms with Crippen LogP contribution in [0.25, 0.3) is 0 Å². The van der Waals surface area contributed by atoms with Crippen LogP contribution in [-0.4, -0.2) is 18.7 Å². The van der Waals surface area contributed by atoms with Crippen LogP contribution in [0.5, 0.6) is 5.75 Å². The van der Waals surface area contributed by atoms with Crippen LogP contribution in [0.3, 0.4) is 0 Å². The molecule has 0 atom stereocenters. The third-order valence-corrected chi connectivity index (χ3v) is 3.07. The second kappa shape index (κ2) is 7.50. The van der Waals surface area contributed by atoms with Gasteiger partial charge in [0.25, 0.3) is 0 Å². The Balaban J connectivity index is 1.73. The number of hydrogen-bond donors (Lipinski definition) is 1. The van der Waals surface area contributed by atoms with Crippen molar-refractivity contribution in [3.63, 3.8) is 0 Å². The third kappa shape index (κ3) is 4.24. The van der Waals surface area contributed by atoms with Crippen LogP contribution >= 0.6 is 0 Å². The molecule has 4 heteroatoms. The normalized spacial score (nSPS) is 10.4. The summed E-state index contributed by atoms with van der Waals surface area (Å²) >= 11 is 0. The van der Waals surface area contributed by atoms with Gasteiger partial charge in [-0.3, -0.25) is 4.98 Å². The van der Waals surface area contributed by atoms with E-state index in [9.17, 15) is 0 Å². The van der Waals surface area contributed by atoms with Crippen molar-refractivity contribution in [3.05, 3.63) is 53.9 Å². The fraction of sp³-hybridized carbons (Fsp3) is 0.312. The van der Waals surface area contributed by atoms with Crippen molar-refractivity contribution in [1.29, 1.82) is 0 Å². The molecule has 1 heterocycles. The van der Waals surface area contributed by atoms with E-state index in [2.05, 4.69) is 4.98 Å². The monoisotopic (exact) mass is 272 g/mol. The van der Waals surface area contributed by atoms with Crippen molar-refractivity contribution in [3.8, 4) is 5.75 Å². The Kier molecular flexibility index (Phi) is 5.38. The van der Waals surface area contributed by atoms with Crippen molar-refractivity contribution in [1.82, 2.24) is 4.98 Å². The zero-order valence-electron chi connectivity index (χ0n) is 11.7. The molecule has 0 radical (unpaired) electrons. The molecule has 0 aliphatic carbocycles. The standard InChI is InChI=1S/C16H20N2O2/c1-19-16-11-15(17)5-4-14(16)12-20-10-2-3-13-6-8-18-9-7-13/h4-9,11H,2-3,10,12,17H2,1H3. The predicted octanol–water partition coefficient (Wildman–Crippen LogP) is 2.82. The smallest absolute Gasteiger partial charge is 0.126 e. The Labute approximate surface area is 119 Å². The van der Waals surface area contributed by atoms with Crippen LogP contribution in [0.2, 0.25) is 0 Å². The lowest BCUT2D eigenvalue weighted by atomic mass is 10.1. The highest BCUT2D eigenvalue weighted by atomic mass is 16.5. The first-order valence-electron chi connectivity index (χ1n) is 6.68. The first-order valence-corrected chi connectivity index (χ1v) is 6.68. The van der Waals surface area contributed by atoms with E-state index in [1.54, 1.807) is 7.11 Å². The maximum absolute atomic E-state index is 5.72. The Hall–Kier alpha value is -2.07. The molecule has 1 aromatic carbocycles. The van der Waals surface area contributed by atoms with Gasteiger partial charge in [-0.15, -0.1) is 0 Å². The summed E-state index contributed by atoms with van der Waals surface area (Å²) in [6, 6.07) is 9.68. The van der Waals surface area contributed by atoms with E-state index in [1.807, 2.05) is 42.7 Å². The molecule has 0 amide bonds. The fourth-order valence-corrected chi connectivity index (χ4v) is 1.99. The molecule has 1 aromatic heterocycles. The number of rotatable bonds is 7. The van der Waals surface area contributed by atoms with E-state index in [-0.39, 0.29) is 0 Å². The number of ether oxygens (including phenoxy) is 2. The van der Waals surface area contributed by atoms with Crippen LogP contribution in [0.1, 0.15) is 17.5 Å².